The lowest BCUT2D eigenvalue weighted by Crippen LogP contribution is -2.46. The molecule has 0 bridgehead atoms. The number of carbonyl (C=O) groups excluding carboxylic acids is 4. The summed E-state index contributed by atoms with van der Waals surface area (Å²) in [6, 6.07) is 5.87. The van der Waals surface area contributed by atoms with E-state index in [1.807, 2.05) is 0 Å². The Morgan fingerprint density at radius 2 is 1.93 bits per heavy atom. The highest BCUT2D eigenvalue weighted by Crippen LogP contribution is 2.24. The number of imide groups is 1. The van der Waals surface area contributed by atoms with Crippen molar-refractivity contribution in [2.75, 3.05) is 0 Å². The SMILES string of the molecule is CC(C)(C)OC(=O)C1CCC(=O)N1C(=O)Cn1nc(C(N)=O)c2ccccc21. The maximum Gasteiger partial charge on any atom is 0.329 e. The first-order chi connectivity index (χ1) is 13.1. The van der Waals surface area contributed by atoms with E-state index in [4.69, 9.17) is 10.5 Å². The molecule has 1 saturated heterocycles. The molecule has 2 heterocycles. The van der Waals surface area contributed by atoms with Gasteiger partial charge in [-0.3, -0.25) is 24.0 Å². The Bertz CT molecular complexity index is 972. The average Bonchev–Trinajstić information content (AvgIpc) is 3.15. The van der Waals surface area contributed by atoms with Gasteiger partial charge in [0.2, 0.25) is 5.91 Å². The van der Waals surface area contributed by atoms with Gasteiger partial charge in [0.25, 0.3) is 11.8 Å². The van der Waals surface area contributed by atoms with Crippen LogP contribution >= 0.6 is 0 Å². The molecule has 0 aliphatic carbocycles. The number of primary amides is 1. The summed E-state index contributed by atoms with van der Waals surface area (Å²) in [7, 11) is 0. The predicted octanol–water partition coefficient (Wildman–Crippen LogP) is 0.995. The number of esters is 1. The minimum absolute atomic E-state index is 0.0415. The van der Waals surface area contributed by atoms with Gasteiger partial charge >= 0.3 is 5.97 Å². The summed E-state index contributed by atoms with van der Waals surface area (Å²) in [5.74, 6) is -2.36. The molecule has 3 rings (SSSR count). The summed E-state index contributed by atoms with van der Waals surface area (Å²) < 4.78 is 6.65. The van der Waals surface area contributed by atoms with Crippen LogP contribution in [0.1, 0.15) is 44.1 Å². The highest BCUT2D eigenvalue weighted by atomic mass is 16.6. The lowest BCUT2D eigenvalue weighted by molar-refractivity contribution is -0.165. The molecule has 0 radical (unpaired) electrons. The van der Waals surface area contributed by atoms with Gasteiger partial charge in [0, 0.05) is 11.8 Å². The summed E-state index contributed by atoms with van der Waals surface area (Å²) in [5.41, 5.74) is 5.21. The van der Waals surface area contributed by atoms with Crippen LogP contribution in [0.4, 0.5) is 0 Å². The van der Waals surface area contributed by atoms with Gasteiger partial charge < -0.3 is 10.5 Å². The zero-order chi connectivity index (χ0) is 20.6. The molecule has 148 valence electrons. The van der Waals surface area contributed by atoms with Crippen LogP contribution in [-0.4, -0.2) is 50.0 Å². The minimum Gasteiger partial charge on any atom is -0.458 e. The number of benzene rings is 1. The van der Waals surface area contributed by atoms with Gasteiger partial charge in [0.05, 0.1) is 5.52 Å². The lowest BCUT2D eigenvalue weighted by Gasteiger charge is -2.26. The number of rotatable bonds is 4. The third kappa shape index (κ3) is 3.73. The average molecular weight is 386 g/mol. The third-order valence-electron chi connectivity index (χ3n) is 4.34. The Morgan fingerprint density at radius 3 is 2.57 bits per heavy atom. The van der Waals surface area contributed by atoms with E-state index < -0.39 is 35.3 Å². The van der Waals surface area contributed by atoms with Crippen LogP contribution in [0.2, 0.25) is 0 Å². The molecule has 1 atom stereocenters. The number of aromatic nitrogens is 2. The van der Waals surface area contributed by atoms with Gasteiger partial charge in [-0.1, -0.05) is 18.2 Å². The van der Waals surface area contributed by atoms with Gasteiger partial charge in [-0.25, -0.2) is 4.79 Å². The molecule has 2 N–H and O–H groups in total. The van der Waals surface area contributed by atoms with Crippen molar-refractivity contribution in [1.82, 2.24) is 14.7 Å². The first kappa shape index (κ1) is 19.5. The molecule has 9 nitrogen and oxygen atoms in total. The Labute approximate surface area is 161 Å². The van der Waals surface area contributed by atoms with Crippen LogP contribution in [-0.2, 0) is 25.7 Å². The van der Waals surface area contributed by atoms with Crippen molar-refractivity contribution >= 4 is 34.6 Å². The van der Waals surface area contributed by atoms with E-state index in [1.165, 1.54) is 4.68 Å². The number of amides is 3. The summed E-state index contributed by atoms with van der Waals surface area (Å²) in [6.07, 6.45) is 0.300. The van der Waals surface area contributed by atoms with Crippen molar-refractivity contribution in [2.24, 2.45) is 5.73 Å². The van der Waals surface area contributed by atoms with E-state index in [9.17, 15) is 19.2 Å². The molecule has 1 aromatic carbocycles. The zero-order valence-corrected chi connectivity index (χ0v) is 16.0. The topological polar surface area (TPSA) is 125 Å². The fourth-order valence-corrected chi connectivity index (χ4v) is 3.22. The minimum atomic E-state index is -0.961. The van der Waals surface area contributed by atoms with Crippen LogP contribution in [0.5, 0.6) is 0 Å². The Balaban J connectivity index is 1.87. The third-order valence-corrected chi connectivity index (χ3v) is 4.34. The van der Waals surface area contributed by atoms with Gasteiger partial charge in [0.1, 0.15) is 18.2 Å². The van der Waals surface area contributed by atoms with Crippen LogP contribution in [0.25, 0.3) is 10.9 Å². The number of fused-ring (bicyclic) bond motifs is 1. The molecule has 28 heavy (non-hydrogen) atoms. The van der Waals surface area contributed by atoms with Gasteiger partial charge in [0.15, 0.2) is 5.69 Å². The molecule has 2 aromatic rings. The summed E-state index contributed by atoms with van der Waals surface area (Å²) >= 11 is 0. The molecule has 1 fully saturated rings. The molecule has 1 aliphatic rings. The highest BCUT2D eigenvalue weighted by molar-refractivity contribution is 6.05. The Morgan fingerprint density at radius 1 is 1.25 bits per heavy atom. The number of hydrogen-bond acceptors (Lipinski definition) is 6. The first-order valence-corrected chi connectivity index (χ1v) is 8.91. The zero-order valence-electron chi connectivity index (χ0n) is 16.0. The maximum absolute atomic E-state index is 12.8. The van der Waals surface area contributed by atoms with E-state index in [0.717, 1.165) is 4.90 Å². The second-order valence-corrected chi connectivity index (χ2v) is 7.63. The van der Waals surface area contributed by atoms with E-state index in [2.05, 4.69) is 5.10 Å². The van der Waals surface area contributed by atoms with Crippen LogP contribution in [0.3, 0.4) is 0 Å². The number of carbonyl (C=O) groups is 4. The van der Waals surface area contributed by atoms with Gasteiger partial charge in [-0.15, -0.1) is 0 Å². The van der Waals surface area contributed by atoms with Crippen molar-refractivity contribution in [3.05, 3.63) is 30.0 Å². The molecule has 0 saturated carbocycles. The molecule has 1 aromatic heterocycles. The number of nitrogens with zero attached hydrogens (tertiary/aromatic N) is 3. The second kappa shape index (κ2) is 7.06. The number of hydrogen-bond donors (Lipinski definition) is 1. The molecular weight excluding hydrogens is 364 g/mol. The standard InChI is InChI=1S/C19H22N4O5/c1-19(2,3)28-18(27)13-8-9-14(24)23(13)15(25)10-22-12-7-5-4-6-11(12)16(21-22)17(20)26/h4-7,13H,8-10H2,1-3H3,(H2,20,26). The number of para-hydroxylation sites is 1. The number of nitrogens with two attached hydrogens (primary N) is 1. The van der Waals surface area contributed by atoms with Crippen molar-refractivity contribution < 1.29 is 23.9 Å². The highest BCUT2D eigenvalue weighted by Gasteiger charge is 2.42. The van der Waals surface area contributed by atoms with Crippen molar-refractivity contribution in [3.63, 3.8) is 0 Å². The summed E-state index contributed by atoms with van der Waals surface area (Å²) in [4.78, 5) is 50.1. The molecule has 0 spiro atoms. The fraction of sp³-hybridized carbons (Fsp3) is 0.421. The van der Waals surface area contributed by atoms with Gasteiger partial charge in [-0.05, 0) is 33.3 Å². The largest absolute Gasteiger partial charge is 0.458 e. The molecule has 3 amide bonds. The normalized spacial score (nSPS) is 17.2. The Hall–Kier alpha value is -3.23. The van der Waals surface area contributed by atoms with Crippen LogP contribution < -0.4 is 5.73 Å². The Kier molecular flexibility index (Phi) is 4.93. The summed E-state index contributed by atoms with van der Waals surface area (Å²) in [5, 5.41) is 4.63. The van der Waals surface area contributed by atoms with E-state index in [0.29, 0.717) is 10.9 Å². The quantitative estimate of drug-likeness (QED) is 0.782. The van der Waals surface area contributed by atoms with Crippen LogP contribution in [0.15, 0.2) is 24.3 Å². The van der Waals surface area contributed by atoms with E-state index in [1.54, 1.807) is 45.0 Å². The van der Waals surface area contributed by atoms with E-state index in [-0.39, 0.29) is 25.1 Å². The molecular formula is C19H22N4O5. The van der Waals surface area contributed by atoms with Crippen LogP contribution in [0, 0.1) is 0 Å². The van der Waals surface area contributed by atoms with E-state index >= 15 is 0 Å². The second-order valence-electron chi connectivity index (χ2n) is 7.63. The monoisotopic (exact) mass is 386 g/mol. The molecule has 1 unspecified atom stereocenters. The fourth-order valence-electron chi connectivity index (χ4n) is 3.22. The van der Waals surface area contributed by atoms with Crippen molar-refractivity contribution in [1.29, 1.82) is 0 Å². The number of ether oxygens (including phenoxy) is 1. The first-order valence-electron chi connectivity index (χ1n) is 8.91. The predicted molar refractivity (Wildman–Crippen MR) is 99.0 cm³/mol. The van der Waals surface area contributed by atoms with Crippen molar-refractivity contribution in [2.45, 2.75) is 51.8 Å². The number of likely N-dealkylation sites (tertiary alicyclic amines) is 1. The molecule has 9 heteroatoms. The maximum atomic E-state index is 12.8. The summed E-state index contributed by atoms with van der Waals surface area (Å²) in [6.45, 7) is 4.85. The molecule has 1 aliphatic heterocycles. The van der Waals surface area contributed by atoms with Gasteiger partial charge in [-0.2, -0.15) is 5.10 Å². The smallest absolute Gasteiger partial charge is 0.329 e. The lowest BCUT2D eigenvalue weighted by atomic mass is 10.1. The van der Waals surface area contributed by atoms with Crippen molar-refractivity contribution in [3.8, 4) is 0 Å².